The lowest BCUT2D eigenvalue weighted by Crippen LogP contribution is -2.35. The lowest BCUT2D eigenvalue weighted by atomic mass is 10.2. The zero-order chi connectivity index (χ0) is 27.5. The molecule has 4 rings (SSSR count). The van der Waals surface area contributed by atoms with Gasteiger partial charge in [-0.3, -0.25) is 9.52 Å². The number of hydrogen-bond donors (Lipinski definition) is 2. The molecule has 0 bridgehead atoms. The van der Waals surface area contributed by atoms with E-state index in [-0.39, 0.29) is 36.8 Å². The Balaban J connectivity index is 1.53. The molecule has 13 heteroatoms. The van der Waals surface area contributed by atoms with Gasteiger partial charge in [0.25, 0.3) is 15.9 Å². The quantitative estimate of drug-likeness (QED) is 0.366. The molecule has 0 radical (unpaired) electrons. The van der Waals surface area contributed by atoms with Crippen molar-refractivity contribution in [2.24, 2.45) is 0 Å². The van der Waals surface area contributed by atoms with Crippen molar-refractivity contribution >= 4 is 60.5 Å². The van der Waals surface area contributed by atoms with Crippen LogP contribution in [0.5, 0.6) is 5.75 Å². The van der Waals surface area contributed by atoms with Crippen molar-refractivity contribution in [3.63, 3.8) is 0 Å². The molecule has 1 aliphatic rings. The van der Waals surface area contributed by atoms with E-state index in [1.807, 2.05) is 0 Å². The van der Waals surface area contributed by atoms with Crippen LogP contribution in [0.25, 0.3) is 0 Å². The van der Waals surface area contributed by atoms with Gasteiger partial charge in [-0.2, -0.15) is 4.31 Å². The fourth-order valence-corrected chi connectivity index (χ4v) is 7.00. The summed E-state index contributed by atoms with van der Waals surface area (Å²) in [5, 5.41) is 2.93. The van der Waals surface area contributed by atoms with Crippen LogP contribution in [0.15, 0.2) is 70.5 Å². The molecule has 0 aromatic heterocycles. The highest BCUT2D eigenvalue weighted by Gasteiger charge is 2.28. The van der Waals surface area contributed by atoms with Crippen LogP contribution in [0.4, 0.5) is 11.4 Å². The number of ether oxygens (including phenoxy) is 1. The summed E-state index contributed by atoms with van der Waals surface area (Å²) in [4.78, 5) is 13.0. The van der Waals surface area contributed by atoms with E-state index >= 15 is 0 Å². The van der Waals surface area contributed by atoms with Crippen LogP contribution < -0.4 is 14.8 Å². The van der Waals surface area contributed by atoms with Gasteiger partial charge in [-0.15, -0.1) is 0 Å². The molecule has 0 unspecified atom stereocenters. The summed E-state index contributed by atoms with van der Waals surface area (Å²) in [6.07, 6.45) is 2.55. The molecule has 3 aromatic rings. The molecular weight excluding hydrogens is 573 g/mol. The van der Waals surface area contributed by atoms with Gasteiger partial charge in [0.2, 0.25) is 10.0 Å². The molecule has 38 heavy (non-hydrogen) atoms. The molecule has 0 atom stereocenters. The Morgan fingerprint density at radius 3 is 2.21 bits per heavy atom. The molecular formula is C25H25Cl2N3O6S2. The fourth-order valence-electron chi connectivity index (χ4n) is 3.98. The van der Waals surface area contributed by atoms with Crippen molar-refractivity contribution in [3.8, 4) is 5.75 Å². The van der Waals surface area contributed by atoms with Gasteiger partial charge in [-0.05, 0) is 67.4 Å². The van der Waals surface area contributed by atoms with Gasteiger partial charge < -0.3 is 10.1 Å². The van der Waals surface area contributed by atoms with Gasteiger partial charge in [-0.1, -0.05) is 35.7 Å². The summed E-state index contributed by atoms with van der Waals surface area (Å²) in [5.74, 6) is -0.418. The zero-order valence-electron chi connectivity index (χ0n) is 20.3. The number of halogens is 2. The molecule has 3 aromatic carbocycles. The zero-order valence-corrected chi connectivity index (χ0v) is 23.4. The van der Waals surface area contributed by atoms with Crippen LogP contribution >= 0.6 is 23.2 Å². The SMILES string of the molecule is COc1ccc(S(=O)(=O)N2CCCCC2)cc1C(=O)Nc1ccc(S(=O)(=O)Nc2cccc(Cl)c2Cl)cc1. The lowest BCUT2D eigenvalue weighted by Gasteiger charge is -2.26. The molecule has 9 nitrogen and oxygen atoms in total. The maximum atomic E-state index is 13.1. The van der Waals surface area contributed by atoms with Gasteiger partial charge in [0.1, 0.15) is 5.75 Å². The molecule has 0 spiro atoms. The summed E-state index contributed by atoms with van der Waals surface area (Å²) in [5.41, 5.74) is 0.448. The lowest BCUT2D eigenvalue weighted by molar-refractivity contribution is 0.102. The highest BCUT2D eigenvalue weighted by atomic mass is 35.5. The average molecular weight is 599 g/mol. The number of piperidine rings is 1. The second-order valence-electron chi connectivity index (χ2n) is 8.51. The van der Waals surface area contributed by atoms with Crippen LogP contribution in [0.1, 0.15) is 29.6 Å². The van der Waals surface area contributed by atoms with Crippen molar-refractivity contribution in [1.29, 1.82) is 0 Å². The number of methoxy groups -OCH3 is 1. The van der Waals surface area contributed by atoms with Gasteiger partial charge in [0.15, 0.2) is 0 Å². The third-order valence-corrected chi connectivity index (χ3v) is 10.1. The predicted octanol–water partition coefficient (Wildman–Crippen LogP) is 5.23. The van der Waals surface area contributed by atoms with Gasteiger partial charge in [0, 0.05) is 18.8 Å². The molecule has 2 N–H and O–H groups in total. The minimum Gasteiger partial charge on any atom is -0.496 e. The Kier molecular flexibility index (Phi) is 8.53. The van der Waals surface area contributed by atoms with Crippen molar-refractivity contribution in [2.75, 3.05) is 30.2 Å². The summed E-state index contributed by atoms with van der Waals surface area (Å²) in [7, 11) is -6.37. The number of benzene rings is 3. The van der Waals surface area contributed by atoms with E-state index in [9.17, 15) is 21.6 Å². The number of amides is 1. The number of carbonyl (C=O) groups is 1. The second kappa shape index (κ2) is 11.5. The first-order valence-corrected chi connectivity index (χ1v) is 15.3. The number of hydrogen-bond acceptors (Lipinski definition) is 6. The maximum Gasteiger partial charge on any atom is 0.261 e. The molecule has 1 heterocycles. The Morgan fingerprint density at radius 1 is 0.895 bits per heavy atom. The summed E-state index contributed by atoms with van der Waals surface area (Å²) < 4.78 is 60.9. The number of sulfonamides is 2. The third-order valence-electron chi connectivity index (χ3n) is 5.99. The number of carbonyl (C=O) groups excluding carboxylic acids is 1. The Morgan fingerprint density at radius 2 is 1.55 bits per heavy atom. The minimum absolute atomic E-state index is 0.00228. The first-order chi connectivity index (χ1) is 18.0. The third kappa shape index (κ3) is 6.08. The minimum atomic E-state index is -3.99. The predicted molar refractivity (Wildman–Crippen MR) is 147 cm³/mol. The van der Waals surface area contributed by atoms with Gasteiger partial charge in [0.05, 0.1) is 38.2 Å². The highest BCUT2D eigenvalue weighted by molar-refractivity contribution is 7.92. The van der Waals surface area contributed by atoms with Crippen molar-refractivity contribution < 1.29 is 26.4 Å². The van der Waals surface area contributed by atoms with E-state index in [4.69, 9.17) is 27.9 Å². The summed E-state index contributed by atoms with van der Waals surface area (Å²) in [6.45, 7) is 0.868. The number of nitrogens with zero attached hydrogens (tertiary/aromatic N) is 1. The maximum absolute atomic E-state index is 13.1. The van der Waals surface area contributed by atoms with E-state index in [0.717, 1.165) is 19.3 Å². The monoisotopic (exact) mass is 597 g/mol. The average Bonchev–Trinajstić information content (AvgIpc) is 2.91. The van der Waals surface area contributed by atoms with Gasteiger partial charge >= 0.3 is 0 Å². The smallest absolute Gasteiger partial charge is 0.261 e. The van der Waals surface area contributed by atoms with Crippen LogP contribution in [-0.2, 0) is 20.0 Å². The van der Waals surface area contributed by atoms with E-state index in [1.54, 1.807) is 6.07 Å². The summed E-state index contributed by atoms with van der Waals surface area (Å²) >= 11 is 12.0. The number of anilines is 2. The molecule has 1 aliphatic heterocycles. The number of rotatable bonds is 8. The second-order valence-corrected chi connectivity index (χ2v) is 12.9. The molecule has 1 fully saturated rings. The van der Waals surface area contributed by atoms with Crippen molar-refractivity contribution in [3.05, 3.63) is 76.3 Å². The molecule has 1 amide bonds. The van der Waals surface area contributed by atoms with Crippen LogP contribution in [0.3, 0.4) is 0 Å². The number of nitrogens with one attached hydrogen (secondary N) is 2. The largest absolute Gasteiger partial charge is 0.496 e. The van der Waals surface area contributed by atoms with Crippen molar-refractivity contribution in [1.82, 2.24) is 4.31 Å². The Hall–Kier alpha value is -2.83. The van der Waals surface area contributed by atoms with E-state index in [0.29, 0.717) is 18.8 Å². The summed E-state index contributed by atoms with van der Waals surface area (Å²) in [6, 6.07) is 14.2. The van der Waals surface area contributed by atoms with Crippen LogP contribution in [0.2, 0.25) is 10.0 Å². The van der Waals surface area contributed by atoms with Crippen LogP contribution in [0, 0.1) is 0 Å². The van der Waals surface area contributed by atoms with E-state index in [1.165, 1.54) is 66.0 Å². The van der Waals surface area contributed by atoms with Crippen molar-refractivity contribution in [2.45, 2.75) is 29.1 Å². The fraction of sp³-hybridized carbons (Fsp3) is 0.240. The Bertz CT molecular complexity index is 1560. The molecule has 0 aliphatic carbocycles. The molecule has 202 valence electrons. The Labute approximate surface area is 231 Å². The van der Waals surface area contributed by atoms with E-state index < -0.39 is 26.0 Å². The highest BCUT2D eigenvalue weighted by Crippen LogP contribution is 2.31. The topological polar surface area (TPSA) is 122 Å². The normalized spacial score (nSPS) is 14.6. The van der Waals surface area contributed by atoms with E-state index in [2.05, 4.69) is 10.0 Å². The van der Waals surface area contributed by atoms with Gasteiger partial charge in [-0.25, -0.2) is 16.8 Å². The molecule has 0 saturated carbocycles. The molecule has 1 saturated heterocycles. The van der Waals surface area contributed by atoms with Crippen LogP contribution in [-0.4, -0.2) is 47.2 Å². The first-order valence-electron chi connectivity index (χ1n) is 11.6. The standard InChI is InChI=1S/C25H25Cl2N3O6S2/c1-36-23-13-12-19(38(34,35)30-14-3-2-4-15-30)16-20(23)25(31)28-17-8-10-18(11-9-17)37(32,33)29-22-7-5-6-21(26)24(22)27/h5-13,16,29H,2-4,14-15H2,1H3,(H,28,31). The first kappa shape index (κ1) is 28.2.